The molecule has 27 heavy (non-hydrogen) atoms. The van der Waals surface area contributed by atoms with Crippen molar-refractivity contribution in [2.75, 3.05) is 16.8 Å². The Kier molecular flexibility index (Phi) is 6.86. The first-order chi connectivity index (χ1) is 12.7. The standard InChI is InChI=1S/C21H25ClN2O3/c1-13(2)27-18-8-6-17(7-9-18)23-20(26)12-24(16(5)25)21-15(4)10-14(3)11-19(21)22/h6-11,13H,12H2,1-5H3,(H,23,26). The molecule has 0 fully saturated rings. The van der Waals surface area contributed by atoms with Gasteiger partial charge in [-0.15, -0.1) is 0 Å². The lowest BCUT2D eigenvalue weighted by atomic mass is 10.1. The molecule has 0 aromatic heterocycles. The van der Waals surface area contributed by atoms with E-state index in [0.717, 1.165) is 16.9 Å². The molecule has 0 aliphatic rings. The maximum Gasteiger partial charge on any atom is 0.244 e. The summed E-state index contributed by atoms with van der Waals surface area (Å²) in [5.41, 5.74) is 3.04. The maximum absolute atomic E-state index is 12.5. The van der Waals surface area contributed by atoms with Gasteiger partial charge < -0.3 is 15.0 Å². The van der Waals surface area contributed by atoms with Crippen LogP contribution in [0.15, 0.2) is 36.4 Å². The van der Waals surface area contributed by atoms with Gasteiger partial charge in [0.2, 0.25) is 11.8 Å². The molecule has 5 nitrogen and oxygen atoms in total. The van der Waals surface area contributed by atoms with E-state index in [2.05, 4.69) is 5.32 Å². The molecule has 2 aromatic carbocycles. The van der Waals surface area contributed by atoms with Gasteiger partial charge in [0.1, 0.15) is 12.3 Å². The van der Waals surface area contributed by atoms with Crippen molar-refractivity contribution in [2.45, 2.75) is 40.7 Å². The lowest BCUT2D eigenvalue weighted by Crippen LogP contribution is -2.37. The number of nitrogens with zero attached hydrogens (tertiary/aromatic N) is 1. The van der Waals surface area contributed by atoms with E-state index in [1.165, 1.54) is 11.8 Å². The van der Waals surface area contributed by atoms with E-state index in [-0.39, 0.29) is 24.5 Å². The minimum absolute atomic E-state index is 0.0806. The molecule has 2 amide bonds. The quantitative estimate of drug-likeness (QED) is 0.777. The molecular weight excluding hydrogens is 364 g/mol. The van der Waals surface area contributed by atoms with Crippen molar-refractivity contribution in [2.24, 2.45) is 0 Å². The van der Waals surface area contributed by atoms with E-state index in [1.54, 1.807) is 30.3 Å². The van der Waals surface area contributed by atoms with Crippen molar-refractivity contribution >= 4 is 34.8 Å². The number of amides is 2. The number of nitrogens with one attached hydrogen (secondary N) is 1. The summed E-state index contributed by atoms with van der Waals surface area (Å²) in [5, 5.41) is 3.25. The van der Waals surface area contributed by atoms with E-state index in [9.17, 15) is 9.59 Å². The topological polar surface area (TPSA) is 58.6 Å². The third kappa shape index (κ3) is 5.73. The van der Waals surface area contributed by atoms with E-state index in [4.69, 9.17) is 16.3 Å². The summed E-state index contributed by atoms with van der Waals surface area (Å²) in [6.45, 7) is 8.99. The second kappa shape index (κ2) is 8.91. The summed E-state index contributed by atoms with van der Waals surface area (Å²) < 4.78 is 5.58. The Balaban J connectivity index is 2.13. The van der Waals surface area contributed by atoms with Gasteiger partial charge in [0, 0.05) is 12.6 Å². The minimum Gasteiger partial charge on any atom is -0.491 e. The fourth-order valence-electron chi connectivity index (χ4n) is 2.83. The van der Waals surface area contributed by atoms with Crippen LogP contribution in [-0.4, -0.2) is 24.5 Å². The van der Waals surface area contributed by atoms with Gasteiger partial charge in [-0.3, -0.25) is 9.59 Å². The summed E-state index contributed by atoms with van der Waals surface area (Å²) >= 11 is 6.34. The predicted molar refractivity (Wildman–Crippen MR) is 110 cm³/mol. The molecule has 144 valence electrons. The highest BCUT2D eigenvalue weighted by Gasteiger charge is 2.20. The number of aryl methyl sites for hydroxylation is 2. The van der Waals surface area contributed by atoms with Gasteiger partial charge in [-0.05, 0) is 69.2 Å². The molecular formula is C21H25ClN2O3. The van der Waals surface area contributed by atoms with Gasteiger partial charge in [-0.1, -0.05) is 17.7 Å². The van der Waals surface area contributed by atoms with Gasteiger partial charge in [0.05, 0.1) is 16.8 Å². The predicted octanol–water partition coefficient (Wildman–Crippen LogP) is 4.74. The minimum atomic E-state index is -0.307. The Bertz CT molecular complexity index is 809. The number of hydrogen-bond donors (Lipinski definition) is 1. The van der Waals surface area contributed by atoms with Crippen molar-refractivity contribution < 1.29 is 14.3 Å². The fraction of sp³-hybridized carbons (Fsp3) is 0.333. The highest BCUT2D eigenvalue weighted by atomic mass is 35.5. The van der Waals surface area contributed by atoms with E-state index < -0.39 is 0 Å². The molecule has 1 N–H and O–H groups in total. The Morgan fingerprint density at radius 2 is 1.78 bits per heavy atom. The molecule has 0 atom stereocenters. The third-order valence-electron chi connectivity index (χ3n) is 3.86. The first kappa shape index (κ1) is 20.8. The largest absolute Gasteiger partial charge is 0.491 e. The average Bonchev–Trinajstić information content (AvgIpc) is 2.54. The molecule has 0 saturated heterocycles. The molecule has 0 radical (unpaired) electrons. The van der Waals surface area contributed by atoms with Gasteiger partial charge in [0.15, 0.2) is 0 Å². The third-order valence-corrected chi connectivity index (χ3v) is 4.15. The first-order valence-electron chi connectivity index (χ1n) is 8.78. The molecule has 2 rings (SSSR count). The number of hydrogen-bond acceptors (Lipinski definition) is 3. The van der Waals surface area contributed by atoms with E-state index >= 15 is 0 Å². The fourth-order valence-corrected chi connectivity index (χ4v) is 3.25. The summed E-state index contributed by atoms with van der Waals surface area (Å²) in [7, 11) is 0. The highest BCUT2D eigenvalue weighted by Crippen LogP contribution is 2.31. The molecule has 0 bridgehead atoms. The first-order valence-corrected chi connectivity index (χ1v) is 9.16. The van der Waals surface area contributed by atoms with Crippen LogP contribution in [0.25, 0.3) is 0 Å². The number of anilines is 2. The lowest BCUT2D eigenvalue weighted by molar-refractivity contribution is -0.120. The van der Waals surface area contributed by atoms with Gasteiger partial charge in [0.25, 0.3) is 0 Å². The van der Waals surface area contributed by atoms with Crippen LogP contribution in [0, 0.1) is 13.8 Å². The Morgan fingerprint density at radius 3 is 2.30 bits per heavy atom. The molecule has 6 heteroatoms. The summed E-state index contributed by atoms with van der Waals surface area (Å²) in [6, 6.07) is 10.8. The second-order valence-corrected chi connectivity index (χ2v) is 7.16. The number of carbonyl (C=O) groups is 2. The van der Waals surface area contributed by atoms with Crippen LogP contribution >= 0.6 is 11.6 Å². The van der Waals surface area contributed by atoms with E-state index in [0.29, 0.717) is 16.4 Å². The maximum atomic E-state index is 12.5. The van der Waals surface area contributed by atoms with Crippen LogP contribution in [0.2, 0.25) is 5.02 Å². The van der Waals surface area contributed by atoms with Crippen LogP contribution in [0.1, 0.15) is 31.9 Å². The molecule has 0 aliphatic heterocycles. The number of carbonyl (C=O) groups excluding carboxylic acids is 2. The SMILES string of the molecule is CC(=O)N(CC(=O)Nc1ccc(OC(C)C)cc1)c1c(C)cc(C)cc1Cl. The summed E-state index contributed by atoms with van der Waals surface area (Å²) in [6.07, 6.45) is 0.0806. The zero-order valence-electron chi connectivity index (χ0n) is 16.3. The van der Waals surface area contributed by atoms with Crippen molar-refractivity contribution in [1.29, 1.82) is 0 Å². The molecule has 0 saturated carbocycles. The average molecular weight is 389 g/mol. The van der Waals surface area contributed by atoms with Gasteiger partial charge in [-0.25, -0.2) is 0 Å². The van der Waals surface area contributed by atoms with Crippen LogP contribution in [0.5, 0.6) is 5.75 Å². The van der Waals surface area contributed by atoms with Gasteiger partial charge >= 0.3 is 0 Å². The van der Waals surface area contributed by atoms with Crippen LogP contribution < -0.4 is 15.0 Å². The number of halogens is 1. The van der Waals surface area contributed by atoms with E-state index in [1.807, 2.05) is 33.8 Å². The smallest absolute Gasteiger partial charge is 0.244 e. The van der Waals surface area contributed by atoms with Crippen molar-refractivity contribution in [3.63, 3.8) is 0 Å². The molecule has 2 aromatic rings. The van der Waals surface area contributed by atoms with Crippen molar-refractivity contribution in [1.82, 2.24) is 0 Å². The molecule has 0 aliphatic carbocycles. The summed E-state index contributed by atoms with van der Waals surface area (Å²) in [4.78, 5) is 26.0. The Morgan fingerprint density at radius 1 is 1.15 bits per heavy atom. The Labute approximate surface area is 165 Å². The second-order valence-electron chi connectivity index (χ2n) is 6.76. The van der Waals surface area contributed by atoms with Crippen LogP contribution in [-0.2, 0) is 9.59 Å². The summed E-state index contributed by atoms with van der Waals surface area (Å²) in [5.74, 6) is 0.175. The van der Waals surface area contributed by atoms with Crippen molar-refractivity contribution in [3.8, 4) is 5.75 Å². The zero-order valence-corrected chi connectivity index (χ0v) is 17.1. The van der Waals surface area contributed by atoms with Crippen molar-refractivity contribution in [3.05, 3.63) is 52.5 Å². The number of ether oxygens (including phenoxy) is 1. The molecule has 0 heterocycles. The van der Waals surface area contributed by atoms with Gasteiger partial charge in [-0.2, -0.15) is 0 Å². The lowest BCUT2D eigenvalue weighted by Gasteiger charge is -2.24. The zero-order chi connectivity index (χ0) is 20.1. The normalized spacial score (nSPS) is 10.6. The van der Waals surface area contributed by atoms with Crippen LogP contribution in [0.3, 0.4) is 0 Å². The monoisotopic (exact) mass is 388 g/mol. The Hall–Kier alpha value is -2.53. The molecule has 0 unspecified atom stereocenters. The number of benzene rings is 2. The highest BCUT2D eigenvalue weighted by molar-refractivity contribution is 6.34. The van der Waals surface area contributed by atoms with Crippen LogP contribution in [0.4, 0.5) is 11.4 Å². The molecule has 0 spiro atoms. The number of rotatable bonds is 6.